The van der Waals surface area contributed by atoms with Crippen molar-refractivity contribution in [2.45, 2.75) is 119 Å². The van der Waals surface area contributed by atoms with Gasteiger partial charge in [0.1, 0.15) is 0 Å². The molecule has 0 saturated heterocycles. The van der Waals surface area contributed by atoms with Gasteiger partial charge in [0.05, 0.1) is 0 Å². The van der Waals surface area contributed by atoms with Crippen LogP contribution in [-0.2, 0) is 14.4 Å². The number of fused-ring (bicyclic) bond motifs is 6. The van der Waals surface area contributed by atoms with Crippen molar-refractivity contribution in [1.82, 2.24) is 0 Å². The first-order valence-electron chi connectivity index (χ1n) is 16.7. The average molecular weight is 894 g/mol. The molecule has 6 aliphatic carbocycles. The van der Waals surface area contributed by atoms with Gasteiger partial charge in [0.25, 0.3) is 0 Å². The molecule has 292 valence electrons. The molecule has 6 rings (SSSR count). The first-order chi connectivity index (χ1) is 22.6. The zero-order valence-corrected chi connectivity index (χ0v) is 32.6. The van der Waals surface area contributed by atoms with Crippen molar-refractivity contribution in [1.29, 1.82) is 0 Å². The van der Waals surface area contributed by atoms with Gasteiger partial charge in [-0.15, -0.1) is 0 Å². The quantitative estimate of drug-likeness (QED) is 0.154. The standard InChI is InChI=1S/3C12H15F3O2.Eu/c3*1-10(2)6-4-5-11(10,3)8(16)7(6)9(17)12(13,14)15;/h3*6,17H,4-5H2,1-3H3;/q;;;+3/p-3. The van der Waals surface area contributed by atoms with Crippen molar-refractivity contribution < 1.29 is 119 Å². The van der Waals surface area contributed by atoms with Gasteiger partial charge in [-0.25, -0.2) is 0 Å². The minimum absolute atomic E-state index is 0. The number of halogens is 9. The summed E-state index contributed by atoms with van der Waals surface area (Å²) in [6, 6.07) is 0. The van der Waals surface area contributed by atoms with Crippen LogP contribution in [0.25, 0.3) is 0 Å². The van der Waals surface area contributed by atoms with Crippen LogP contribution in [0.15, 0.2) is 34.0 Å². The van der Waals surface area contributed by atoms with Crippen LogP contribution in [0, 0.1) is 99.6 Å². The van der Waals surface area contributed by atoms with E-state index in [-0.39, 0.29) is 49.4 Å². The molecule has 6 nitrogen and oxygen atoms in total. The van der Waals surface area contributed by atoms with Crippen LogP contribution in [0.2, 0.25) is 0 Å². The number of hydrogen-bond donors (Lipinski definition) is 0. The van der Waals surface area contributed by atoms with Crippen molar-refractivity contribution in [3.8, 4) is 0 Å². The van der Waals surface area contributed by atoms with Crippen LogP contribution in [0.3, 0.4) is 0 Å². The van der Waals surface area contributed by atoms with Crippen molar-refractivity contribution in [2.75, 3.05) is 0 Å². The van der Waals surface area contributed by atoms with E-state index in [1.807, 2.05) is 0 Å². The number of carbonyl (C=O) groups excluding carboxylic acids is 3. The van der Waals surface area contributed by atoms with E-state index in [9.17, 15) is 69.2 Å². The monoisotopic (exact) mass is 894 g/mol. The van der Waals surface area contributed by atoms with E-state index in [0.29, 0.717) is 38.5 Å². The maximum atomic E-state index is 12.5. The van der Waals surface area contributed by atoms with Gasteiger partial charge in [-0.3, -0.25) is 14.4 Å². The first kappa shape index (κ1) is 45.0. The van der Waals surface area contributed by atoms with Crippen LogP contribution in [0.5, 0.6) is 0 Å². The molecule has 6 fully saturated rings. The molecule has 0 aromatic rings. The van der Waals surface area contributed by atoms with Gasteiger partial charge in [0, 0.05) is 16.2 Å². The van der Waals surface area contributed by atoms with Crippen LogP contribution in [-0.4, -0.2) is 35.9 Å². The smallest absolute Gasteiger partial charge is 0.869 e. The molecule has 52 heavy (non-hydrogen) atoms. The SMILES string of the molecule is CC12CCC(C(=C([O-])C(F)(F)F)C1=O)C2(C)C.CC12CCC(C(=C([O-])C(F)(F)F)C1=O)C2(C)C.CC12CCC(C(=C([O-])C(F)(F)F)C1=O)C2(C)C.[Eu+3]. The van der Waals surface area contributed by atoms with Gasteiger partial charge in [0.2, 0.25) is 0 Å². The number of hydrogen-bond acceptors (Lipinski definition) is 6. The second kappa shape index (κ2) is 13.1. The average Bonchev–Trinajstić information content (AvgIpc) is 3.59. The Kier molecular flexibility index (Phi) is 11.3. The summed E-state index contributed by atoms with van der Waals surface area (Å²) in [5.41, 5.74) is -5.65. The predicted molar refractivity (Wildman–Crippen MR) is 158 cm³/mol. The third kappa shape index (κ3) is 6.16. The van der Waals surface area contributed by atoms with Gasteiger partial charge in [-0.2, -0.15) is 39.5 Å². The van der Waals surface area contributed by atoms with E-state index in [4.69, 9.17) is 0 Å². The molecule has 16 heteroatoms. The second-order valence-electron chi connectivity index (χ2n) is 17.1. The minimum atomic E-state index is -4.94. The number of alkyl halides is 9. The Labute approximate surface area is 337 Å². The number of rotatable bonds is 0. The Bertz CT molecular complexity index is 1460. The first-order valence-corrected chi connectivity index (χ1v) is 16.7. The summed E-state index contributed by atoms with van der Waals surface area (Å²) in [4.78, 5) is 36.1. The van der Waals surface area contributed by atoms with Gasteiger partial charge < -0.3 is 15.3 Å². The van der Waals surface area contributed by atoms with Gasteiger partial charge in [0.15, 0.2) is 17.3 Å². The molecule has 0 N–H and O–H groups in total. The Morgan fingerprint density at radius 1 is 0.462 bits per heavy atom. The van der Waals surface area contributed by atoms with Crippen LogP contribution in [0.1, 0.15) is 101 Å². The zero-order valence-electron chi connectivity index (χ0n) is 30.2. The number of Topliss-reactive ketones (excluding diaryl/α,β-unsaturated/α-hetero) is 3. The Hall–Kier alpha value is -1.42. The van der Waals surface area contributed by atoms with Crippen molar-refractivity contribution in [3.63, 3.8) is 0 Å². The summed E-state index contributed by atoms with van der Waals surface area (Å²) < 4.78 is 112. The third-order valence-electron chi connectivity index (χ3n) is 14.5. The Morgan fingerprint density at radius 3 is 0.750 bits per heavy atom. The molecule has 6 aliphatic rings. The fraction of sp³-hybridized carbons (Fsp3) is 0.750. The molecule has 6 saturated carbocycles. The number of carbonyl (C=O) groups is 3. The molecule has 0 aromatic carbocycles. The van der Waals surface area contributed by atoms with Crippen LogP contribution in [0.4, 0.5) is 39.5 Å². The Balaban J connectivity index is 0.000000208. The van der Waals surface area contributed by atoms with E-state index in [0.717, 1.165) is 0 Å². The third-order valence-corrected chi connectivity index (χ3v) is 14.5. The summed E-state index contributed by atoms with van der Waals surface area (Å²) in [6.07, 6.45) is -11.6. The molecule has 0 amide bonds. The molecule has 0 spiro atoms. The topological polar surface area (TPSA) is 120 Å². The predicted octanol–water partition coefficient (Wildman–Crippen LogP) is 6.56. The largest absolute Gasteiger partial charge is 3.00 e. The molecule has 0 aromatic heterocycles. The van der Waals surface area contributed by atoms with Gasteiger partial charge in [-0.1, -0.05) is 62.3 Å². The molecule has 0 radical (unpaired) electrons. The summed E-state index contributed by atoms with van der Waals surface area (Å²) in [7, 11) is 0. The number of allylic oxidation sites excluding steroid dienone is 6. The maximum absolute atomic E-state index is 12.5. The zero-order chi connectivity index (χ0) is 39.7. The van der Waals surface area contributed by atoms with E-state index < -0.39 is 120 Å². The van der Waals surface area contributed by atoms with Crippen LogP contribution < -0.4 is 15.3 Å². The molecular weight excluding hydrogens is 851 g/mol. The van der Waals surface area contributed by atoms with E-state index in [1.54, 1.807) is 62.3 Å². The minimum Gasteiger partial charge on any atom is -0.869 e. The molecular formula is C36H42EuF9O6. The van der Waals surface area contributed by atoms with Gasteiger partial charge >= 0.3 is 67.9 Å². The Morgan fingerprint density at radius 2 is 0.635 bits per heavy atom. The van der Waals surface area contributed by atoms with E-state index in [1.165, 1.54) is 0 Å². The van der Waals surface area contributed by atoms with Crippen molar-refractivity contribution >= 4 is 17.3 Å². The van der Waals surface area contributed by atoms with Crippen LogP contribution >= 0.6 is 0 Å². The normalized spacial score (nSPS) is 38.0. The molecule has 0 aliphatic heterocycles. The fourth-order valence-electron chi connectivity index (χ4n) is 9.84. The van der Waals surface area contributed by atoms with Crippen molar-refractivity contribution in [2.24, 2.45) is 50.2 Å². The summed E-state index contributed by atoms with van der Waals surface area (Å²) in [6.45, 7) is 15.7. The molecule has 6 bridgehead atoms. The number of ketones is 3. The summed E-state index contributed by atoms with van der Waals surface area (Å²) >= 11 is 0. The summed E-state index contributed by atoms with van der Waals surface area (Å²) in [5, 5.41) is 33.9. The van der Waals surface area contributed by atoms with Crippen molar-refractivity contribution in [3.05, 3.63) is 34.0 Å². The van der Waals surface area contributed by atoms with E-state index >= 15 is 0 Å². The van der Waals surface area contributed by atoms with Gasteiger partial charge in [-0.05, 0) is 107 Å². The molecule has 6 atom stereocenters. The molecule has 6 unspecified atom stereocenters. The summed E-state index contributed by atoms with van der Waals surface area (Å²) in [5.74, 6) is -9.25. The molecule has 0 heterocycles. The maximum Gasteiger partial charge on any atom is 3.00 e. The van der Waals surface area contributed by atoms with E-state index in [2.05, 4.69) is 0 Å². The fourth-order valence-corrected chi connectivity index (χ4v) is 9.84. The second-order valence-corrected chi connectivity index (χ2v) is 17.1.